The zero-order valence-electron chi connectivity index (χ0n) is 12.7. The van der Waals surface area contributed by atoms with Gasteiger partial charge in [0.05, 0.1) is 17.9 Å². The summed E-state index contributed by atoms with van der Waals surface area (Å²) in [6.45, 7) is 8.35. The Morgan fingerprint density at radius 2 is 2.25 bits per heavy atom. The van der Waals surface area contributed by atoms with Crippen molar-refractivity contribution in [1.82, 2.24) is 10.3 Å². The lowest BCUT2D eigenvalue weighted by Gasteiger charge is -2.33. The second-order valence-electron chi connectivity index (χ2n) is 6.66. The van der Waals surface area contributed by atoms with Crippen LogP contribution >= 0.6 is 0 Å². The number of carbonyl (C=O) groups excluding carboxylic acids is 1. The van der Waals surface area contributed by atoms with Gasteiger partial charge in [-0.25, -0.2) is 0 Å². The summed E-state index contributed by atoms with van der Waals surface area (Å²) in [6.07, 6.45) is 6.53. The van der Waals surface area contributed by atoms with Crippen LogP contribution in [0, 0.1) is 5.41 Å². The molecule has 1 aliphatic heterocycles. The fraction of sp³-hybridized carbons (Fsp3) is 0.625. The predicted molar refractivity (Wildman–Crippen MR) is 81.7 cm³/mol. The third-order valence-corrected chi connectivity index (χ3v) is 3.66. The van der Waals surface area contributed by atoms with E-state index in [4.69, 9.17) is 0 Å². The molecule has 0 aromatic carbocycles. The van der Waals surface area contributed by atoms with Crippen LogP contribution in [0.1, 0.15) is 40.0 Å². The molecule has 1 unspecified atom stereocenters. The highest BCUT2D eigenvalue weighted by molar-refractivity contribution is 5.97. The summed E-state index contributed by atoms with van der Waals surface area (Å²) in [6, 6.07) is 3.77. The van der Waals surface area contributed by atoms with Gasteiger partial charge in [0.2, 0.25) is 5.91 Å². The van der Waals surface area contributed by atoms with Gasteiger partial charge >= 0.3 is 0 Å². The van der Waals surface area contributed by atoms with Gasteiger partial charge in [0.25, 0.3) is 0 Å². The van der Waals surface area contributed by atoms with Crippen LogP contribution in [0.5, 0.6) is 0 Å². The Morgan fingerprint density at radius 1 is 1.45 bits per heavy atom. The van der Waals surface area contributed by atoms with E-state index in [1.807, 2.05) is 17.0 Å². The molecule has 1 atom stereocenters. The molecule has 1 amide bonds. The van der Waals surface area contributed by atoms with Crippen LogP contribution in [0.3, 0.4) is 0 Å². The first-order valence-electron chi connectivity index (χ1n) is 7.42. The molecule has 1 aromatic heterocycles. The Hall–Kier alpha value is -1.42. The molecule has 1 saturated heterocycles. The Balaban J connectivity index is 1.94. The first-order valence-corrected chi connectivity index (χ1v) is 7.42. The summed E-state index contributed by atoms with van der Waals surface area (Å²) in [7, 11) is 0. The van der Waals surface area contributed by atoms with Crippen molar-refractivity contribution in [1.29, 1.82) is 0 Å². The van der Waals surface area contributed by atoms with Gasteiger partial charge < -0.3 is 10.2 Å². The van der Waals surface area contributed by atoms with Crippen LogP contribution in [0.4, 0.5) is 5.69 Å². The van der Waals surface area contributed by atoms with Crippen LogP contribution in [0.15, 0.2) is 24.5 Å². The summed E-state index contributed by atoms with van der Waals surface area (Å²) in [5, 5.41) is 3.42. The largest absolute Gasteiger partial charge is 0.310 e. The maximum atomic E-state index is 12.5. The van der Waals surface area contributed by atoms with Crippen LogP contribution in [0.25, 0.3) is 0 Å². The molecule has 1 N–H and O–H groups in total. The molecule has 0 spiro atoms. The Bertz CT molecular complexity index is 439. The van der Waals surface area contributed by atoms with Crippen molar-refractivity contribution >= 4 is 11.6 Å². The Labute approximate surface area is 121 Å². The molecule has 0 aliphatic carbocycles. The van der Waals surface area contributed by atoms with Gasteiger partial charge in [-0.15, -0.1) is 0 Å². The molecule has 1 aromatic rings. The highest BCUT2D eigenvalue weighted by Gasteiger charge is 2.29. The van der Waals surface area contributed by atoms with E-state index >= 15 is 0 Å². The minimum absolute atomic E-state index is 0.0497. The molecule has 110 valence electrons. The molecule has 1 fully saturated rings. The van der Waals surface area contributed by atoms with E-state index < -0.39 is 0 Å². The number of hydrogen-bond donors (Lipinski definition) is 1. The van der Waals surface area contributed by atoms with Gasteiger partial charge in [0, 0.05) is 12.7 Å². The fourth-order valence-corrected chi connectivity index (χ4v) is 2.46. The minimum Gasteiger partial charge on any atom is -0.310 e. The summed E-state index contributed by atoms with van der Waals surface area (Å²) in [4.78, 5) is 18.5. The topological polar surface area (TPSA) is 45.2 Å². The van der Waals surface area contributed by atoms with E-state index in [1.165, 1.54) is 0 Å². The molecule has 1 aliphatic rings. The molecular formula is C16H25N3O. The van der Waals surface area contributed by atoms with E-state index in [9.17, 15) is 4.79 Å². The fourth-order valence-electron chi connectivity index (χ4n) is 2.46. The molecule has 0 bridgehead atoms. The maximum Gasteiger partial charge on any atom is 0.244 e. The van der Waals surface area contributed by atoms with Crippen molar-refractivity contribution in [3.05, 3.63) is 24.5 Å². The SMILES string of the molecule is CC(C)(C)CCNC1CCCN(c2cccnc2)C1=O. The normalized spacial score (nSPS) is 20.2. The number of amides is 1. The summed E-state index contributed by atoms with van der Waals surface area (Å²) >= 11 is 0. The number of carbonyl (C=O) groups is 1. The monoisotopic (exact) mass is 275 g/mol. The lowest BCUT2D eigenvalue weighted by Crippen LogP contribution is -2.51. The number of pyridine rings is 1. The van der Waals surface area contributed by atoms with Gasteiger partial charge in [-0.1, -0.05) is 20.8 Å². The molecule has 4 heteroatoms. The van der Waals surface area contributed by atoms with Crippen LogP contribution in [-0.4, -0.2) is 30.0 Å². The third-order valence-electron chi connectivity index (χ3n) is 3.66. The molecule has 0 radical (unpaired) electrons. The number of aromatic nitrogens is 1. The number of hydrogen-bond acceptors (Lipinski definition) is 3. The highest BCUT2D eigenvalue weighted by atomic mass is 16.2. The zero-order chi connectivity index (χ0) is 14.6. The Morgan fingerprint density at radius 3 is 2.90 bits per heavy atom. The van der Waals surface area contributed by atoms with E-state index in [0.717, 1.165) is 38.0 Å². The molecule has 20 heavy (non-hydrogen) atoms. The van der Waals surface area contributed by atoms with Gasteiger partial charge in [-0.05, 0) is 43.4 Å². The molecule has 2 heterocycles. The van der Waals surface area contributed by atoms with Crippen molar-refractivity contribution in [2.24, 2.45) is 5.41 Å². The van der Waals surface area contributed by atoms with Gasteiger partial charge in [-0.3, -0.25) is 9.78 Å². The third kappa shape index (κ3) is 4.04. The number of rotatable bonds is 4. The van der Waals surface area contributed by atoms with E-state index in [1.54, 1.807) is 12.4 Å². The first-order chi connectivity index (χ1) is 9.47. The smallest absolute Gasteiger partial charge is 0.244 e. The second kappa shape index (κ2) is 6.35. The van der Waals surface area contributed by atoms with Crippen molar-refractivity contribution in [2.75, 3.05) is 18.0 Å². The summed E-state index contributed by atoms with van der Waals surface area (Å²) < 4.78 is 0. The molecule has 2 rings (SSSR count). The van der Waals surface area contributed by atoms with Gasteiger partial charge in [0.15, 0.2) is 0 Å². The standard InChI is InChI=1S/C16H25N3O/c1-16(2,3)8-10-18-14-7-5-11-19(15(14)20)13-6-4-9-17-12-13/h4,6,9,12,14,18H,5,7-8,10-11H2,1-3H3. The van der Waals surface area contributed by atoms with Crippen molar-refractivity contribution < 1.29 is 4.79 Å². The first kappa shape index (κ1) is 15.0. The predicted octanol–water partition coefficient (Wildman–Crippen LogP) is 2.60. The summed E-state index contributed by atoms with van der Waals surface area (Å²) in [5.41, 5.74) is 1.20. The quantitative estimate of drug-likeness (QED) is 0.918. The van der Waals surface area contributed by atoms with E-state index in [-0.39, 0.29) is 11.9 Å². The number of nitrogens with one attached hydrogen (secondary N) is 1. The second-order valence-corrected chi connectivity index (χ2v) is 6.66. The maximum absolute atomic E-state index is 12.5. The van der Waals surface area contributed by atoms with Gasteiger partial charge in [0.1, 0.15) is 0 Å². The lowest BCUT2D eigenvalue weighted by molar-refractivity contribution is -0.121. The van der Waals surface area contributed by atoms with Crippen molar-refractivity contribution in [3.63, 3.8) is 0 Å². The molecule has 0 saturated carbocycles. The van der Waals surface area contributed by atoms with Crippen molar-refractivity contribution in [2.45, 2.75) is 46.1 Å². The Kier molecular flexibility index (Phi) is 4.76. The highest BCUT2D eigenvalue weighted by Crippen LogP contribution is 2.21. The minimum atomic E-state index is -0.0497. The average molecular weight is 275 g/mol. The zero-order valence-corrected chi connectivity index (χ0v) is 12.7. The average Bonchev–Trinajstić information content (AvgIpc) is 2.40. The lowest BCUT2D eigenvalue weighted by atomic mass is 9.92. The molecule has 4 nitrogen and oxygen atoms in total. The van der Waals surface area contributed by atoms with Crippen molar-refractivity contribution in [3.8, 4) is 0 Å². The van der Waals surface area contributed by atoms with E-state index in [0.29, 0.717) is 5.41 Å². The number of piperidine rings is 1. The van der Waals surface area contributed by atoms with Crippen LogP contribution < -0.4 is 10.2 Å². The van der Waals surface area contributed by atoms with Crippen LogP contribution in [-0.2, 0) is 4.79 Å². The number of nitrogens with zero attached hydrogens (tertiary/aromatic N) is 2. The van der Waals surface area contributed by atoms with Crippen LogP contribution in [0.2, 0.25) is 0 Å². The van der Waals surface area contributed by atoms with E-state index in [2.05, 4.69) is 31.1 Å². The number of anilines is 1. The van der Waals surface area contributed by atoms with Gasteiger partial charge in [-0.2, -0.15) is 0 Å². The molecular weight excluding hydrogens is 250 g/mol. The summed E-state index contributed by atoms with van der Waals surface area (Å²) in [5.74, 6) is 0.179.